The van der Waals surface area contributed by atoms with Crippen LogP contribution in [0.3, 0.4) is 0 Å². The molecule has 1 N–H and O–H groups in total. The van der Waals surface area contributed by atoms with E-state index in [2.05, 4.69) is 50.9 Å². The molecule has 0 bridgehead atoms. The highest BCUT2D eigenvalue weighted by Gasteiger charge is 2.11. The van der Waals surface area contributed by atoms with Gasteiger partial charge in [-0.2, -0.15) is 0 Å². The third kappa shape index (κ3) is 4.53. The van der Waals surface area contributed by atoms with E-state index in [0.29, 0.717) is 12.6 Å². The molecule has 1 aromatic carbocycles. The van der Waals surface area contributed by atoms with Crippen LogP contribution in [0.4, 0.5) is 0 Å². The first kappa shape index (κ1) is 14.8. The predicted octanol–water partition coefficient (Wildman–Crippen LogP) is 4.01. The van der Waals surface area contributed by atoms with Crippen molar-refractivity contribution in [2.45, 2.75) is 40.2 Å². The molecule has 0 heterocycles. The Labute approximate surface area is 111 Å². The van der Waals surface area contributed by atoms with Crippen LogP contribution in [-0.2, 0) is 0 Å². The van der Waals surface area contributed by atoms with Crippen molar-refractivity contribution in [2.24, 2.45) is 0 Å². The summed E-state index contributed by atoms with van der Waals surface area (Å²) in [5.41, 5.74) is 3.48. The Hall–Kier alpha value is -1.28. The van der Waals surface area contributed by atoms with Crippen molar-refractivity contribution >= 4 is 0 Å². The molecule has 1 rings (SSSR count). The molecule has 1 aromatic rings. The van der Waals surface area contributed by atoms with Crippen molar-refractivity contribution in [2.75, 3.05) is 13.2 Å². The second kappa shape index (κ2) is 7.22. The minimum absolute atomic E-state index is 0.311. The molecule has 2 heteroatoms. The van der Waals surface area contributed by atoms with Crippen LogP contribution in [-0.4, -0.2) is 13.2 Å². The molecular formula is C16H25NO. The third-order valence-electron chi connectivity index (χ3n) is 2.81. The van der Waals surface area contributed by atoms with Crippen molar-refractivity contribution < 1.29 is 4.74 Å². The average Bonchev–Trinajstić information content (AvgIpc) is 2.33. The molecule has 0 fully saturated rings. The first-order valence-electron chi connectivity index (χ1n) is 6.65. The zero-order valence-corrected chi connectivity index (χ0v) is 12.0. The molecule has 2 nitrogen and oxygen atoms in total. The largest absolute Gasteiger partial charge is 0.489 e. The summed E-state index contributed by atoms with van der Waals surface area (Å²) in [6.45, 7) is 13.9. The fourth-order valence-electron chi connectivity index (χ4n) is 1.80. The van der Waals surface area contributed by atoms with Gasteiger partial charge in [0, 0.05) is 11.6 Å². The summed E-state index contributed by atoms with van der Waals surface area (Å²) >= 11 is 0. The Bertz CT molecular complexity index is 398. The summed E-state index contributed by atoms with van der Waals surface area (Å²) in [6, 6.07) is 6.69. The molecule has 0 aliphatic carbocycles. The highest BCUT2D eigenvalue weighted by Crippen LogP contribution is 2.26. The summed E-state index contributed by atoms with van der Waals surface area (Å²) in [6.07, 6.45) is 1.14. The van der Waals surface area contributed by atoms with Gasteiger partial charge in [-0.1, -0.05) is 25.6 Å². The zero-order chi connectivity index (χ0) is 13.5. The topological polar surface area (TPSA) is 21.3 Å². The second-order valence-electron chi connectivity index (χ2n) is 4.96. The maximum atomic E-state index is 5.84. The summed E-state index contributed by atoms with van der Waals surface area (Å²) < 4.78 is 5.84. The van der Waals surface area contributed by atoms with Crippen LogP contribution in [0.25, 0.3) is 0 Å². The van der Waals surface area contributed by atoms with Gasteiger partial charge in [0.15, 0.2) is 0 Å². The van der Waals surface area contributed by atoms with Crippen LogP contribution < -0.4 is 10.1 Å². The molecule has 18 heavy (non-hydrogen) atoms. The number of rotatable bonds is 7. The van der Waals surface area contributed by atoms with Crippen molar-refractivity contribution in [3.8, 4) is 5.75 Å². The van der Waals surface area contributed by atoms with Crippen LogP contribution in [0.15, 0.2) is 30.4 Å². The minimum atomic E-state index is 0.311. The van der Waals surface area contributed by atoms with Crippen molar-refractivity contribution in [3.63, 3.8) is 0 Å². The first-order valence-corrected chi connectivity index (χ1v) is 6.65. The molecule has 0 aromatic heterocycles. The van der Waals surface area contributed by atoms with Gasteiger partial charge in [0.25, 0.3) is 0 Å². The van der Waals surface area contributed by atoms with Gasteiger partial charge in [-0.25, -0.2) is 0 Å². The lowest BCUT2D eigenvalue weighted by Crippen LogP contribution is -2.20. The predicted molar refractivity (Wildman–Crippen MR) is 78.2 cm³/mol. The van der Waals surface area contributed by atoms with Crippen LogP contribution in [0.5, 0.6) is 5.75 Å². The quantitative estimate of drug-likeness (QED) is 0.735. The van der Waals surface area contributed by atoms with E-state index in [1.54, 1.807) is 0 Å². The normalized spacial score (nSPS) is 12.2. The summed E-state index contributed by atoms with van der Waals surface area (Å²) in [5.74, 6) is 0.967. The summed E-state index contributed by atoms with van der Waals surface area (Å²) in [7, 11) is 0. The van der Waals surface area contributed by atoms with E-state index in [0.717, 1.165) is 24.3 Å². The fourth-order valence-corrected chi connectivity index (χ4v) is 1.80. The molecule has 0 amide bonds. The molecule has 0 spiro atoms. The Kier molecular flexibility index (Phi) is 5.93. The molecule has 0 saturated heterocycles. The summed E-state index contributed by atoms with van der Waals surface area (Å²) in [4.78, 5) is 0. The van der Waals surface area contributed by atoms with E-state index in [4.69, 9.17) is 4.74 Å². The molecule has 0 aliphatic heterocycles. The van der Waals surface area contributed by atoms with Crippen LogP contribution in [0, 0.1) is 6.92 Å². The van der Waals surface area contributed by atoms with Gasteiger partial charge in [-0.15, -0.1) is 0 Å². The van der Waals surface area contributed by atoms with Crippen molar-refractivity contribution in [3.05, 3.63) is 41.5 Å². The lowest BCUT2D eigenvalue weighted by molar-refractivity contribution is 0.344. The lowest BCUT2D eigenvalue weighted by atomic mass is 10.0. The number of benzene rings is 1. The average molecular weight is 247 g/mol. The van der Waals surface area contributed by atoms with Gasteiger partial charge in [-0.3, -0.25) is 0 Å². The lowest BCUT2D eigenvalue weighted by Gasteiger charge is -2.19. The SMILES string of the molecule is C=C(C)COc1cc(C)ccc1C(C)NCCC. The Balaban J connectivity index is 2.84. The number of hydrogen-bond acceptors (Lipinski definition) is 2. The van der Waals surface area contributed by atoms with Crippen LogP contribution >= 0.6 is 0 Å². The molecule has 1 unspecified atom stereocenters. The monoisotopic (exact) mass is 247 g/mol. The Morgan fingerprint density at radius 2 is 2.17 bits per heavy atom. The number of hydrogen-bond donors (Lipinski definition) is 1. The van der Waals surface area contributed by atoms with E-state index >= 15 is 0 Å². The Morgan fingerprint density at radius 1 is 1.44 bits per heavy atom. The van der Waals surface area contributed by atoms with Crippen molar-refractivity contribution in [1.29, 1.82) is 0 Å². The molecule has 100 valence electrons. The Morgan fingerprint density at radius 3 is 2.78 bits per heavy atom. The molecule has 0 radical (unpaired) electrons. The highest BCUT2D eigenvalue weighted by molar-refractivity contribution is 5.39. The first-order chi connectivity index (χ1) is 8.54. The van der Waals surface area contributed by atoms with Gasteiger partial charge in [-0.05, 0) is 50.9 Å². The number of nitrogens with one attached hydrogen (secondary N) is 1. The third-order valence-corrected chi connectivity index (χ3v) is 2.81. The molecular weight excluding hydrogens is 222 g/mol. The van der Waals surface area contributed by atoms with Gasteiger partial charge in [0.2, 0.25) is 0 Å². The van der Waals surface area contributed by atoms with Gasteiger partial charge in [0.1, 0.15) is 12.4 Å². The minimum Gasteiger partial charge on any atom is -0.489 e. The maximum absolute atomic E-state index is 5.84. The van der Waals surface area contributed by atoms with Crippen LogP contribution in [0.2, 0.25) is 0 Å². The molecule has 1 atom stereocenters. The van der Waals surface area contributed by atoms with E-state index in [9.17, 15) is 0 Å². The number of ether oxygens (including phenoxy) is 1. The zero-order valence-electron chi connectivity index (χ0n) is 12.0. The molecule has 0 aliphatic rings. The van der Waals surface area contributed by atoms with Gasteiger partial charge in [0.05, 0.1) is 0 Å². The van der Waals surface area contributed by atoms with Crippen LogP contribution in [0.1, 0.15) is 44.4 Å². The van der Waals surface area contributed by atoms with Gasteiger partial charge < -0.3 is 10.1 Å². The number of aryl methyl sites for hydroxylation is 1. The molecule has 0 saturated carbocycles. The van der Waals surface area contributed by atoms with Gasteiger partial charge >= 0.3 is 0 Å². The van der Waals surface area contributed by atoms with E-state index < -0.39 is 0 Å². The maximum Gasteiger partial charge on any atom is 0.124 e. The smallest absolute Gasteiger partial charge is 0.124 e. The van der Waals surface area contributed by atoms with Crippen molar-refractivity contribution in [1.82, 2.24) is 5.32 Å². The van der Waals surface area contributed by atoms with E-state index in [-0.39, 0.29) is 0 Å². The standard InChI is InChI=1S/C16H25NO/c1-6-9-17-14(5)15-8-7-13(4)10-16(15)18-11-12(2)3/h7-8,10,14,17H,2,6,9,11H2,1,3-5H3. The fraction of sp³-hybridized carbons (Fsp3) is 0.500. The second-order valence-corrected chi connectivity index (χ2v) is 4.96. The van der Waals surface area contributed by atoms with E-state index in [1.165, 1.54) is 11.1 Å². The van der Waals surface area contributed by atoms with E-state index in [1.807, 2.05) is 6.92 Å². The highest BCUT2D eigenvalue weighted by atomic mass is 16.5. The summed E-state index contributed by atoms with van der Waals surface area (Å²) in [5, 5.41) is 3.49.